The molecule has 1 rings (SSSR count). The van der Waals surface area contributed by atoms with Crippen LogP contribution in [0.4, 0.5) is 5.69 Å². The second-order valence-electron chi connectivity index (χ2n) is 3.90. The van der Waals surface area contributed by atoms with Gasteiger partial charge in [-0.15, -0.1) is 0 Å². The number of nitrogens with one attached hydrogen (secondary N) is 2. The molecule has 0 aliphatic carbocycles. The molecular weight excluding hydrogens is 218 g/mol. The molecule has 5 nitrogen and oxygen atoms in total. The molecule has 0 heterocycles. The monoisotopic (exact) mass is 235 g/mol. The highest BCUT2D eigenvalue weighted by atomic mass is 16.2. The standard InChI is InChI=1S/C12H17N3O2/c1-7-4-5-9(10(13)6-7)12(17)15-8(2)11(16)14-3/h4-6,8H,13H2,1-3H3,(H,14,16)(H,15,17). The highest BCUT2D eigenvalue weighted by Gasteiger charge is 2.16. The normalized spacial score (nSPS) is 11.7. The molecule has 92 valence electrons. The molecule has 5 heteroatoms. The molecule has 0 saturated heterocycles. The van der Waals surface area contributed by atoms with Crippen LogP contribution in [0.3, 0.4) is 0 Å². The lowest BCUT2D eigenvalue weighted by molar-refractivity contribution is -0.122. The molecule has 0 aliphatic heterocycles. The van der Waals surface area contributed by atoms with Crippen LogP contribution in [0.2, 0.25) is 0 Å². The number of hydrogen-bond donors (Lipinski definition) is 3. The van der Waals surface area contributed by atoms with Crippen LogP contribution in [-0.4, -0.2) is 24.9 Å². The Hall–Kier alpha value is -2.04. The van der Waals surface area contributed by atoms with Gasteiger partial charge in [-0.05, 0) is 31.5 Å². The van der Waals surface area contributed by atoms with Crippen LogP contribution in [0.1, 0.15) is 22.8 Å². The first-order chi connectivity index (χ1) is 7.95. The van der Waals surface area contributed by atoms with Gasteiger partial charge in [-0.25, -0.2) is 0 Å². The number of carbonyl (C=O) groups excluding carboxylic acids is 2. The zero-order valence-electron chi connectivity index (χ0n) is 10.2. The number of hydrogen-bond acceptors (Lipinski definition) is 3. The first-order valence-electron chi connectivity index (χ1n) is 5.34. The summed E-state index contributed by atoms with van der Waals surface area (Å²) < 4.78 is 0. The number of likely N-dealkylation sites (N-methyl/N-ethyl adjacent to an activating group) is 1. The smallest absolute Gasteiger partial charge is 0.254 e. The van der Waals surface area contributed by atoms with Gasteiger partial charge in [-0.3, -0.25) is 9.59 Å². The summed E-state index contributed by atoms with van der Waals surface area (Å²) in [4.78, 5) is 23.1. The summed E-state index contributed by atoms with van der Waals surface area (Å²) in [5.74, 6) is -0.595. The molecule has 0 aliphatic rings. The molecule has 0 saturated carbocycles. The fraction of sp³-hybridized carbons (Fsp3) is 0.333. The molecular formula is C12H17N3O2. The van der Waals surface area contributed by atoms with E-state index >= 15 is 0 Å². The molecule has 1 aromatic carbocycles. The lowest BCUT2D eigenvalue weighted by Gasteiger charge is -2.13. The van der Waals surface area contributed by atoms with Crippen molar-refractivity contribution in [1.29, 1.82) is 0 Å². The van der Waals surface area contributed by atoms with Crippen molar-refractivity contribution in [3.05, 3.63) is 29.3 Å². The second kappa shape index (κ2) is 5.34. The minimum absolute atomic E-state index is 0.246. The van der Waals surface area contributed by atoms with Gasteiger partial charge in [0.2, 0.25) is 5.91 Å². The average Bonchev–Trinajstić information content (AvgIpc) is 2.27. The summed E-state index contributed by atoms with van der Waals surface area (Å²) in [5.41, 5.74) is 7.52. The van der Waals surface area contributed by atoms with Crippen molar-refractivity contribution in [2.45, 2.75) is 19.9 Å². The largest absolute Gasteiger partial charge is 0.398 e. The van der Waals surface area contributed by atoms with Gasteiger partial charge in [0.15, 0.2) is 0 Å². The predicted octanol–water partition coefficient (Wildman–Crippen LogP) is 0.442. The van der Waals surface area contributed by atoms with Crippen LogP contribution >= 0.6 is 0 Å². The summed E-state index contributed by atoms with van der Waals surface area (Å²) in [6.07, 6.45) is 0. The van der Waals surface area contributed by atoms with E-state index in [2.05, 4.69) is 10.6 Å². The van der Waals surface area contributed by atoms with Crippen molar-refractivity contribution in [3.63, 3.8) is 0 Å². The molecule has 0 aromatic heterocycles. The SMILES string of the molecule is CNC(=O)C(C)NC(=O)c1ccc(C)cc1N. The van der Waals surface area contributed by atoms with Gasteiger partial charge in [-0.1, -0.05) is 6.07 Å². The van der Waals surface area contributed by atoms with Gasteiger partial charge in [-0.2, -0.15) is 0 Å². The Morgan fingerprint density at radius 1 is 1.35 bits per heavy atom. The Kier molecular flexibility index (Phi) is 4.09. The quantitative estimate of drug-likeness (QED) is 0.665. The first-order valence-corrected chi connectivity index (χ1v) is 5.34. The van der Waals surface area contributed by atoms with Crippen molar-refractivity contribution in [1.82, 2.24) is 10.6 Å². The molecule has 0 bridgehead atoms. The maximum absolute atomic E-state index is 11.8. The van der Waals surface area contributed by atoms with E-state index in [0.29, 0.717) is 11.3 Å². The van der Waals surface area contributed by atoms with Gasteiger partial charge in [0.25, 0.3) is 5.91 Å². The maximum atomic E-state index is 11.8. The second-order valence-corrected chi connectivity index (χ2v) is 3.90. The fourth-order valence-electron chi connectivity index (χ4n) is 1.45. The van der Waals surface area contributed by atoms with E-state index in [9.17, 15) is 9.59 Å². The number of rotatable bonds is 3. The zero-order valence-corrected chi connectivity index (χ0v) is 10.2. The number of benzene rings is 1. The Balaban J connectivity index is 2.80. The van der Waals surface area contributed by atoms with E-state index in [-0.39, 0.29) is 11.8 Å². The lowest BCUT2D eigenvalue weighted by atomic mass is 10.1. The van der Waals surface area contributed by atoms with Crippen LogP contribution in [0, 0.1) is 6.92 Å². The maximum Gasteiger partial charge on any atom is 0.254 e. The molecule has 0 spiro atoms. The summed E-state index contributed by atoms with van der Waals surface area (Å²) in [6, 6.07) is 4.58. The Bertz CT molecular complexity index is 443. The third kappa shape index (κ3) is 3.21. The minimum atomic E-state index is -0.590. The molecule has 1 aromatic rings. The fourth-order valence-corrected chi connectivity index (χ4v) is 1.45. The van der Waals surface area contributed by atoms with Crippen molar-refractivity contribution < 1.29 is 9.59 Å². The number of nitrogens with two attached hydrogens (primary N) is 1. The van der Waals surface area contributed by atoms with Crippen LogP contribution in [-0.2, 0) is 4.79 Å². The Labute approximate surface area is 100 Å². The molecule has 0 radical (unpaired) electrons. The molecule has 0 fully saturated rings. The molecule has 1 unspecified atom stereocenters. The molecule has 17 heavy (non-hydrogen) atoms. The number of anilines is 1. The molecule has 2 amide bonds. The highest BCUT2D eigenvalue weighted by molar-refractivity contribution is 6.01. The van der Waals surface area contributed by atoms with Crippen LogP contribution in [0.15, 0.2) is 18.2 Å². The molecule has 4 N–H and O–H groups in total. The number of carbonyl (C=O) groups is 2. The van der Waals surface area contributed by atoms with Crippen LogP contribution in [0.5, 0.6) is 0 Å². The Morgan fingerprint density at radius 3 is 2.53 bits per heavy atom. The predicted molar refractivity (Wildman–Crippen MR) is 66.6 cm³/mol. The third-order valence-electron chi connectivity index (χ3n) is 2.44. The third-order valence-corrected chi connectivity index (χ3v) is 2.44. The summed E-state index contributed by atoms with van der Waals surface area (Å²) in [6.45, 7) is 3.51. The highest BCUT2D eigenvalue weighted by Crippen LogP contribution is 2.13. The number of nitrogen functional groups attached to an aromatic ring is 1. The topological polar surface area (TPSA) is 84.2 Å². The lowest BCUT2D eigenvalue weighted by Crippen LogP contribution is -2.43. The first kappa shape index (κ1) is 13.0. The minimum Gasteiger partial charge on any atom is -0.398 e. The molecule has 1 atom stereocenters. The number of amides is 2. The van der Waals surface area contributed by atoms with Crippen LogP contribution in [0.25, 0.3) is 0 Å². The van der Waals surface area contributed by atoms with Gasteiger partial charge in [0.05, 0.1) is 5.56 Å². The average molecular weight is 235 g/mol. The van der Waals surface area contributed by atoms with Crippen molar-refractivity contribution in [2.24, 2.45) is 0 Å². The van der Waals surface area contributed by atoms with E-state index in [4.69, 9.17) is 5.73 Å². The van der Waals surface area contributed by atoms with Crippen molar-refractivity contribution in [2.75, 3.05) is 12.8 Å². The van der Waals surface area contributed by atoms with Gasteiger partial charge in [0, 0.05) is 12.7 Å². The van der Waals surface area contributed by atoms with Crippen molar-refractivity contribution >= 4 is 17.5 Å². The van der Waals surface area contributed by atoms with Gasteiger partial charge >= 0.3 is 0 Å². The van der Waals surface area contributed by atoms with E-state index in [1.165, 1.54) is 7.05 Å². The number of aryl methyl sites for hydroxylation is 1. The zero-order chi connectivity index (χ0) is 13.0. The van der Waals surface area contributed by atoms with E-state index < -0.39 is 6.04 Å². The summed E-state index contributed by atoms with van der Waals surface area (Å²) >= 11 is 0. The van der Waals surface area contributed by atoms with Crippen LogP contribution < -0.4 is 16.4 Å². The van der Waals surface area contributed by atoms with Crippen molar-refractivity contribution in [3.8, 4) is 0 Å². The van der Waals surface area contributed by atoms with Gasteiger partial charge < -0.3 is 16.4 Å². The summed E-state index contributed by atoms with van der Waals surface area (Å²) in [7, 11) is 1.52. The van der Waals surface area contributed by atoms with Gasteiger partial charge in [0.1, 0.15) is 6.04 Å². The summed E-state index contributed by atoms with van der Waals surface area (Å²) in [5, 5.41) is 5.04. The van der Waals surface area contributed by atoms with E-state index in [1.807, 2.05) is 6.92 Å². The Morgan fingerprint density at radius 2 is 2.00 bits per heavy atom. The van der Waals surface area contributed by atoms with E-state index in [0.717, 1.165) is 5.56 Å². The van der Waals surface area contributed by atoms with E-state index in [1.54, 1.807) is 25.1 Å².